The maximum atomic E-state index is 3.66. The van der Waals surface area contributed by atoms with Gasteiger partial charge in [0, 0.05) is 0 Å². The van der Waals surface area contributed by atoms with E-state index in [1.54, 1.807) is 0 Å². The Bertz CT molecular complexity index is 78.0. The molecule has 1 rings (SSSR count). The third-order valence-electron chi connectivity index (χ3n) is 1.91. The lowest BCUT2D eigenvalue weighted by atomic mass is 10.0. The Balaban J connectivity index is 2.04. The van der Waals surface area contributed by atoms with Crippen molar-refractivity contribution in [1.29, 1.82) is 0 Å². The van der Waals surface area contributed by atoms with Crippen molar-refractivity contribution >= 4 is 0 Å². The quantitative estimate of drug-likeness (QED) is 0.505. The normalized spacial score (nSPS) is 20.4. The van der Waals surface area contributed by atoms with Gasteiger partial charge in [-0.2, -0.15) is 0 Å². The molecule has 1 fully saturated rings. The molecular weight excluding hydrogens is 108 g/mol. The van der Waals surface area contributed by atoms with Crippen molar-refractivity contribution in [2.45, 2.75) is 32.1 Å². The Labute approximate surface area is 58.0 Å². The van der Waals surface area contributed by atoms with Gasteiger partial charge in [-0.15, -0.1) is 6.58 Å². The minimum absolute atomic E-state index is 0.794. The molecule has 0 spiro atoms. The van der Waals surface area contributed by atoms with Gasteiger partial charge in [0.15, 0.2) is 0 Å². The Hall–Kier alpha value is -0.260. The van der Waals surface area contributed by atoms with Gasteiger partial charge in [0.05, 0.1) is 0 Å². The summed E-state index contributed by atoms with van der Waals surface area (Å²) < 4.78 is 0. The molecule has 0 bridgehead atoms. The van der Waals surface area contributed by atoms with Gasteiger partial charge in [-0.1, -0.05) is 18.9 Å². The van der Waals surface area contributed by atoms with Crippen molar-refractivity contribution in [3.8, 4) is 0 Å². The summed E-state index contributed by atoms with van der Waals surface area (Å²) in [5, 5.41) is 0. The van der Waals surface area contributed by atoms with E-state index in [1.165, 1.54) is 25.7 Å². The minimum atomic E-state index is 0.794. The highest BCUT2D eigenvalue weighted by Crippen LogP contribution is 2.27. The van der Waals surface area contributed by atoms with Crippen LogP contribution in [0.15, 0.2) is 12.7 Å². The molecule has 1 aliphatic carbocycles. The molecule has 0 aromatic rings. The van der Waals surface area contributed by atoms with Crippen LogP contribution in [-0.2, 0) is 0 Å². The van der Waals surface area contributed by atoms with Crippen molar-refractivity contribution in [3.63, 3.8) is 0 Å². The average molecular weight is 122 g/mol. The van der Waals surface area contributed by atoms with Gasteiger partial charge in [0.2, 0.25) is 0 Å². The zero-order valence-electron chi connectivity index (χ0n) is 5.90. The third kappa shape index (κ3) is 2.21. The molecule has 1 saturated carbocycles. The summed E-state index contributed by atoms with van der Waals surface area (Å²) in [6.07, 6.45) is 11.9. The van der Waals surface area contributed by atoms with E-state index >= 15 is 0 Å². The fourth-order valence-corrected chi connectivity index (χ4v) is 1.38. The molecule has 0 unspecified atom stereocenters. The van der Waals surface area contributed by atoms with Crippen LogP contribution in [0.5, 0.6) is 0 Å². The summed E-state index contributed by atoms with van der Waals surface area (Å²) in [6.45, 7) is 3.66. The summed E-state index contributed by atoms with van der Waals surface area (Å²) in [5.74, 6) is 0.794. The molecule has 0 N–H and O–H groups in total. The highest BCUT2D eigenvalue weighted by atomic mass is 14.2. The smallest absolute Gasteiger partial charge is 0.00992 e. The lowest BCUT2D eigenvalue weighted by molar-refractivity contribution is 0.622. The van der Waals surface area contributed by atoms with Gasteiger partial charge in [0.1, 0.15) is 0 Å². The van der Waals surface area contributed by atoms with Gasteiger partial charge in [-0.05, 0) is 31.6 Å². The first-order chi connectivity index (χ1) is 4.43. The van der Waals surface area contributed by atoms with Gasteiger partial charge >= 0.3 is 0 Å². The van der Waals surface area contributed by atoms with Crippen LogP contribution in [0, 0.1) is 12.3 Å². The second-order valence-corrected chi connectivity index (χ2v) is 2.68. The molecule has 0 aliphatic heterocycles. The van der Waals surface area contributed by atoms with Crippen LogP contribution in [0.4, 0.5) is 0 Å². The van der Waals surface area contributed by atoms with E-state index in [4.69, 9.17) is 0 Å². The van der Waals surface area contributed by atoms with E-state index < -0.39 is 0 Å². The molecule has 0 aromatic carbocycles. The van der Waals surface area contributed by atoms with Crippen LogP contribution in [0.2, 0.25) is 0 Å². The van der Waals surface area contributed by atoms with Crippen molar-refractivity contribution in [2.75, 3.05) is 0 Å². The van der Waals surface area contributed by atoms with Crippen molar-refractivity contribution in [1.82, 2.24) is 0 Å². The van der Waals surface area contributed by atoms with Crippen molar-refractivity contribution in [3.05, 3.63) is 19.1 Å². The van der Waals surface area contributed by atoms with Gasteiger partial charge in [0.25, 0.3) is 0 Å². The topological polar surface area (TPSA) is 0 Å². The predicted octanol–water partition coefficient (Wildman–Crippen LogP) is 2.83. The largest absolute Gasteiger partial charge is 0.103 e. The van der Waals surface area contributed by atoms with Gasteiger partial charge in [-0.25, -0.2) is 0 Å². The van der Waals surface area contributed by atoms with E-state index in [-0.39, 0.29) is 0 Å². The van der Waals surface area contributed by atoms with Crippen LogP contribution in [0.1, 0.15) is 32.1 Å². The highest BCUT2D eigenvalue weighted by Gasteiger charge is 2.13. The summed E-state index contributed by atoms with van der Waals surface area (Å²) in [5.41, 5.74) is 0. The fraction of sp³-hybridized carbons (Fsp3) is 0.667. The molecule has 0 nitrogen and oxygen atoms in total. The molecule has 0 atom stereocenters. The fourth-order valence-electron chi connectivity index (χ4n) is 1.38. The van der Waals surface area contributed by atoms with Crippen LogP contribution >= 0.6 is 0 Å². The summed E-state index contributed by atoms with van der Waals surface area (Å²) >= 11 is 0. The van der Waals surface area contributed by atoms with Crippen LogP contribution in [-0.4, -0.2) is 0 Å². The Morgan fingerprint density at radius 1 is 1.44 bits per heavy atom. The van der Waals surface area contributed by atoms with Crippen molar-refractivity contribution < 1.29 is 0 Å². The number of rotatable bonds is 3. The molecule has 0 aromatic heterocycles. The number of allylic oxidation sites excluding steroid dienone is 1. The van der Waals surface area contributed by atoms with Crippen LogP contribution in [0.3, 0.4) is 0 Å². The minimum Gasteiger partial charge on any atom is -0.103 e. The lowest BCUT2D eigenvalue weighted by Gasteiger charge is -2.02. The zero-order valence-corrected chi connectivity index (χ0v) is 5.90. The van der Waals surface area contributed by atoms with E-state index in [0.717, 1.165) is 12.3 Å². The first-order valence-electron chi connectivity index (χ1n) is 3.78. The van der Waals surface area contributed by atoms with Gasteiger partial charge < -0.3 is 0 Å². The molecule has 50 valence electrons. The molecule has 1 aliphatic rings. The second-order valence-electron chi connectivity index (χ2n) is 2.68. The highest BCUT2D eigenvalue weighted by molar-refractivity contribution is 4.86. The standard InChI is InChI=1S/C9H14/c1-2-3-6-9-7-4-5-8-9/h2,9H,1,3-5,7-8H2. The molecule has 0 heterocycles. The summed E-state index contributed by atoms with van der Waals surface area (Å²) in [6, 6.07) is 0. The number of hydrogen-bond acceptors (Lipinski definition) is 0. The van der Waals surface area contributed by atoms with E-state index in [9.17, 15) is 0 Å². The predicted molar refractivity (Wildman–Crippen MR) is 40.0 cm³/mol. The molecule has 0 amide bonds. The van der Waals surface area contributed by atoms with E-state index in [1.807, 2.05) is 6.08 Å². The molecular formula is C9H14. The van der Waals surface area contributed by atoms with Crippen LogP contribution < -0.4 is 0 Å². The summed E-state index contributed by atoms with van der Waals surface area (Å²) in [4.78, 5) is 0. The average Bonchev–Trinajstić information content (AvgIpc) is 2.34. The SMILES string of the molecule is C=CC[C]C1CCCC1. The Morgan fingerprint density at radius 3 is 2.67 bits per heavy atom. The second kappa shape index (κ2) is 3.71. The maximum Gasteiger partial charge on any atom is -0.00992 e. The summed E-state index contributed by atoms with van der Waals surface area (Å²) in [7, 11) is 0. The van der Waals surface area contributed by atoms with E-state index in [2.05, 4.69) is 13.0 Å². The van der Waals surface area contributed by atoms with E-state index in [0.29, 0.717) is 0 Å². The zero-order chi connectivity index (χ0) is 6.53. The third-order valence-corrected chi connectivity index (χ3v) is 1.91. The molecule has 0 saturated heterocycles. The molecule has 0 heteroatoms. The Kier molecular flexibility index (Phi) is 2.82. The van der Waals surface area contributed by atoms with Gasteiger partial charge in [-0.3, -0.25) is 0 Å². The maximum absolute atomic E-state index is 3.66. The molecule has 2 radical (unpaired) electrons. The van der Waals surface area contributed by atoms with Crippen molar-refractivity contribution in [2.24, 2.45) is 5.92 Å². The lowest BCUT2D eigenvalue weighted by Crippen LogP contribution is -1.91. The monoisotopic (exact) mass is 122 g/mol. The number of hydrogen-bond donors (Lipinski definition) is 0. The Morgan fingerprint density at radius 2 is 2.11 bits per heavy atom. The first kappa shape index (κ1) is 6.85. The first-order valence-corrected chi connectivity index (χ1v) is 3.78. The molecule has 9 heavy (non-hydrogen) atoms. The van der Waals surface area contributed by atoms with Crippen LogP contribution in [0.25, 0.3) is 0 Å².